The van der Waals surface area contributed by atoms with Crippen LogP contribution in [0.25, 0.3) is 10.9 Å². The molecule has 2 rings (SSSR count). The van der Waals surface area contributed by atoms with Gasteiger partial charge >= 0.3 is 5.97 Å². The fraction of sp³-hybridized carbons (Fsp3) is 0.100. The highest BCUT2D eigenvalue weighted by atomic mass is 16.4. The van der Waals surface area contributed by atoms with Gasteiger partial charge in [-0.05, 0) is 11.6 Å². The summed E-state index contributed by atoms with van der Waals surface area (Å²) in [5.41, 5.74) is 1.27. The molecule has 0 atom stereocenters. The second kappa shape index (κ2) is 3.06. The minimum absolute atomic E-state index is 0.0382. The number of carboxylic acid groups (broad SMARTS) is 1. The van der Waals surface area contributed by atoms with Crippen LogP contribution in [0.2, 0.25) is 0 Å². The first-order chi connectivity index (χ1) is 6.68. The van der Waals surface area contributed by atoms with Crippen molar-refractivity contribution in [1.82, 2.24) is 4.98 Å². The van der Waals surface area contributed by atoms with E-state index in [1.807, 2.05) is 0 Å². The lowest BCUT2D eigenvalue weighted by molar-refractivity contribution is -0.136. The highest BCUT2D eigenvalue weighted by Gasteiger charge is 2.08. The molecule has 0 saturated carbocycles. The van der Waals surface area contributed by atoms with Gasteiger partial charge < -0.3 is 15.2 Å². The molecular weight excluding hydrogens is 182 g/mol. The number of phenols is 1. The third-order valence-electron chi connectivity index (χ3n) is 2.12. The lowest BCUT2D eigenvalue weighted by Gasteiger charge is -1.95. The summed E-state index contributed by atoms with van der Waals surface area (Å²) < 4.78 is 0. The van der Waals surface area contributed by atoms with Gasteiger partial charge in [-0.3, -0.25) is 4.79 Å². The number of hydrogen-bond acceptors (Lipinski definition) is 2. The van der Waals surface area contributed by atoms with E-state index in [4.69, 9.17) is 5.11 Å². The number of nitrogens with one attached hydrogen (secondary N) is 1. The molecule has 0 radical (unpaired) electrons. The van der Waals surface area contributed by atoms with E-state index < -0.39 is 5.97 Å². The molecule has 0 spiro atoms. The molecule has 4 heteroatoms. The molecule has 0 aliphatic heterocycles. The standard InChI is InChI=1S/C10H9NO3/c12-8-3-1-2-7-6(4-9(13)14)5-11-10(7)8/h1-3,5,11-12H,4H2,(H,13,14). The Kier molecular flexibility index (Phi) is 1.89. The van der Waals surface area contributed by atoms with Gasteiger partial charge in [-0.25, -0.2) is 0 Å². The number of phenolic OH excluding ortho intramolecular Hbond substituents is 1. The maximum atomic E-state index is 10.5. The first kappa shape index (κ1) is 8.62. The van der Waals surface area contributed by atoms with E-state index in [0.29, 0.717) is 11.1 Å². The van der Waals surface area contributed by atoms with Gasteiger partial charge in [0, 0.05) is 11.6 Å². The van der Waals surface area contributed by atoms with E-state index in [9.17, 15) is 9.90 Å². The van der Waals surface area contributed by atoms with Crippen LogP contribution < -0.4 is 0 Å². The van der Waals surface area contributed by atoms with Gasteiger partial charge in [0.2, 0.25) is 0 Å². The molecule has 1 aromatic heterocycles. The Morgan fingerprint density at radius 3 is 2.93 bits per heavy atom. The van der Waals surface area contributed by atoms with Crippen LogP contribution in [0.3, 0.4) is 0 Å². The monoisotopic (exact) mass is 191 g/mol. The number of H-pyrrole nitrogens is 1. The highest BCUT2D eigenvalue weighted by molar-refractivity contribution is 5.90. The number of aromatic hydroxyl groups is 1. The summed E-state index contributed by atoms with van der Waals surface area (Å²) in [6.07, 6.45) is 1.57. The second-order valence-electron chi connectivity index (χ2n) is 3.08. The van der Waals surface area contributed by atoms with E-state index in [0.717, 1.165) is 5.39 Å². The zero-order valence-corrected chi connectivity index (χ0v) is 7.32. The predicted octanol–water partition coefficient (Wildman–Crippen LogP) is 1.50. The summed E-state index contributed by atoms with van der Waals surface area (Å²) in [5.74, 6) is -0.742. The van der Waals surface area contributed by atoms with Crippen molar-refractivity contribution >= 4 is 16.9 Å². The number of carbonyl (C=O) groups is 1. The van der Waals surface area contributed by atoms with Crippen molar-refractivity contribution < 1.29 is 15.0 Å². The molecule has 2 aromatic rings. The van der Waals surface area contributed by atoms with Gasteiger partial charge in [0.1, 0.15) is 5.75 Å². The van der Waals surface area contributed by atoms with Crippen LogP contribution >= 0.6 is 0 Å². The van der Waals surface area contributed by atoms with Gasteiger partial charge in [-0.1, -0.05) is 12.1 Å². The molecule has 72 valence electrons. The van der Waals surface area contributed by atoms with Gasteiger partial charge in [0.25, 0.3) is 0 Å². The summed E-state index contributed by atoms with van der Waals surface area (Å²) in [7, 11) is 0. The van der Waals surface area contributed by atoms with E-state index in [1.165, 1.54) is 0 Å². The largest absolute Gasteiger partial charge is 0.506 e. The van der Waals surface area contributed by atoms with Crippen molar-refractivity contribution in [3.63, 3.8) is 0 Å². The molecule has 0 bridgehead atoms. The summed E-state index contributed by atoms with van der Waals surface area (Å²) in [5, 5.41) is 18.8. The van der Waals surface area contributed by atoms with E-state index >= 15 is 0 Å². The lowest BCUT2D eigenvalue weighted by Crippen LogP contribution is -1.98. The van der Waals surface area contributed by atoms with Crippen LogP contribution in [0.5, 0.6) is 5.75 Å². The Bertz CT molecular complexity index is 487. The molecule has 0 amide bonds. The summed E-state index contributed by atoms with van der Waals surface area (Å²) in [4.78, 5) is 13.4. The van der Waals surface area contributed by atoms with Gasteiger partial charge in [0.05, 0.1) is 11.9 Å². The molecule has 0 aliphatic carbocycles. The smallest absolute Gasteiger partial charge is 0.307 e. The topological polar surface area (TPSA) is 73.3 Å². The number of aromatic nitrogens is 1. The molecular formula is C10H9NO3. The average Bonchev–Trinajstić information content (AvgIpc) is 2.49. The minimum atomic E-state index is -0.880. The van der Waals surface area contributed by atoms with E-state index in [2.05, 4.69) is 4.98 Å². The van der Waals surface area contributed by atoms with Crippen LogP contribution in [0.1, 0.15) is 5.56 Å². The Balaban J connectivity index is 2.58. The Morgan fingerprint density at radius 1 is 1.43 bits per heavy atom. The van der Waals surface area contributed by atoms with Crippen LogP contribution in [0.4, 0.5) is 0 Å². The lowest BCUT2D eigenvalue weighted by atomic mass is 10.1. The van der Waals surface area contributed by atoms with Crippen molar-refractivity contribution in [1.29, 1.82) is 0 Å². The van der Waals surface area contributed by atoms with Crippen LogP contribution in [-0.4, -0.2) is 21.2 Å². The maximum Gasteiger partial charge on any atom is 0.307 e. The molecule has 0 unspecified atom stereocenters. The van der Waals surface area contributed by atoms with Crippen molar-refractivity contribution in [2.75, 3.05) is 0 Å². The minimum Gasteiger partial charge on any atom is -0.506 e. The molecule has 1 aromatic carbocycles. The van der Waals surface area contributed by atoms with Crippen molar-refractivity contribution in [2.24, 2.45) is 0 Å². The Labute approximate surface area is 79.8 Å². The summed E-state index contributed by atoms with van der Waals surface area (Å²) >= 11 is 0. The number of aliphatic carboxylic acids is 1. The first-order valence-corrected chi connectivity index (χ1v) is 4.18. The highest BCUT2D eigenvalue weighted by Crippen LogP contribution is 2.26. The number of fused-ring (bicyclic) bond motifs is 1. The summed E-state index contributed by atoms with van der Waals surface area (Å²) in [6, 6.07) is 5.03. The normalized spacial score (nSPS) is 10.6. The molecule has 4 nitrogen and oxygen atoms in total. The van der Waals surface area contributed by atoms with Crippen molar-refractivity contribution in [3.8, 4) is 5.75 Å². The van der Waals surface area contributed by atoms with Crippen LogP contribution in [-0.2, 0) is 11.2 Å². The summed E-state index contributed by atoms with van der Waals surface area (Å²) in [6.45, 7) is 0. The second-order valence-corrected chi connectivity index (χ2v) is 3.08. The molecule has 1 heterocycles. The number of benzene rings is 1. The van der Waals surface area contributed by atoms with Gasteiger partial charge in [-0.2, -0.15) is 0 Å². The zero-order chi connectivity index (χ0) is 10.1. The molecule has 0 saturated heterocycles. The number of para-hydroxylation sites is 1. The van der Waals surface area contributed by atoms with Crippen LogP contribution in [0, 0.1) is 0 Å². The van der Waals surface area contributed by atoms with Crippen molar-refractivity contribution in [2.45, 2.75) is 6.42 Å². The molecule has 0 aliphatic rings. The maximum absolute atomic E-state index is 10.5. The fourth-order valence-corrected chi connectivity index (χ4v) is 1.51. The fourth-order valence-electron chi connectivity index (χ4n) is 1.51. The number of carboxylic acids is 1. The zero-order valence-electron chi connectivity index (χ0n) is 7.32. The van der Waals surface area contributed by atoms with Crippen LogP contribution in [0.15, 0.2) is 24.4 Å². The quantitative estimate of drug-likeness (QED) is 0.673. The Morgan fingerprint density at radius 2 is 2.21 bits per heavy atom. The molecule has 3 N–H and O–H groups in total. The molecule has 14 heavy (non-hydrogen) atoms. The first-order valence-electron chi connectivity index (χ1n) is 4.18. The van der Waals surface area contributed by atoms with Gasteiger partial charge in [-0.15, -0.1) is 0 Å². The number of rotatable bonds is 2. The van der Waals surface area contributed by atoms with Crippen molar-refractivity contribution in [3.05, 3.63) is 30.0 Å². The Hall–Kier alpha value is -1.97. The third kappa shape index (κ3) is 1.31. The predicted molar refractivity (Wildman–Crippen MR) is 51.3 cm³/mol. The van der Waals surface area contributed by atoms with E-state index in [1.54, 1.807) is 24.4 Å². The third-order valence-corrected chi connectivity index (χ3v) is 2.12. The number of aromatic amines is 1. The van der Waals surface area contributed by atoms with Gasteiger partial charge in [0.15, 0.2) is 0 Å². The number of hydrogen-bond donors (Lipinski definition) is 3. The van der Waals surface area contributed by atoms with E-state index in [-0.39, 0.29) is 12.2 Å². The average molecular weight is 191 g/mol. The SMILES string of the molecule is O=C(O)Cc1c[nH]c2c(O)cccc12. The molecule has 0 fully saturated rings.